The van der Waals surface area contributed by atoms with Gasteiger partial charge >= 0.3 is 0 Å². The van der Waals surface area contributed by atoms with E-state index in [1.54, 1.807) is 0 Å². The summed E-state index contributed by atoms with van der Waals surface area (Å²) in [5, 5.41) is 3.40. The largest absolute Gasteiger partial charge is 0.491 e. The molecule has 0 bridgehead atoms. The Hall–Kier alpha value is -2.00. The van der Waals surface area contributed by atoms with Crippen LogP contribution in [0.25, 0.3) is 0 Å². The van der Waals surface area contributed by atoms with Gasteiger partial charge in [0.1, 0.15) is 5.75 Å². The van der Waals surface area contributed by atoms with Crippen molar-refractivity contribution in [2.24, 2.45) is 0 Å². The van der Waals surface area contributed by atoms with Crippen LogP contribution in [0.15, 0.2) is 48.5 Å². The van der Waals surface area contributed by atoms with Gasteiger partial charge in [-0.15, -0.1) is 0 Å². The van der Waals surface area contributed by atoms with E-state index in [0.717, 1.165) is 23.7 Å². The minimum Gasteiger partial charge on any atom is -0.491 e. The molecule has 0 spiro atoms. The van der Waals surface area contributed by atoms with Crippen LogP contribution < -0.4 is 10.1 Å². The molecular weight excluding hydrogens is 260 g/mol. The number of nitrogens with zero attached hydrogens (tertiary/aromatic N) is 1. The lowest BCUT2D eigenvalue weighted by Gasteiger charge is -2.12. The van der Waals surface area contributed by atoms with Gasteiger partial charge in [-0.25, -0.2) is 0 Å². The fourth-order valence-electron chi connectivity index (χ4n) is 2.11. The lowest BCUT2D eigenvalue weighted by Crippen LogP contribution is -2.10. The molecule has 112 valence electrons. The Morgan fingerprint density at radius 1 is 0.905 bits per heavy atom. The lowest BCUT2D eigenvalue weighted by molar-refractivity contribution is 0.242. The van der Waals surface area contributed by atoms with E-state index in [9.17, 15) is 0 Å². The molecule has 2 aromatic rings. The third kappa shape index (κ3) is 5.12. The van der Waals surface area contributed by atoms with Crippen molar-refractivity contribution in [2.45, 2.75) is 26.5 Å². The third-order valence-corrected chi connectivity index (χ3v) is 2.97. The average Bonchev–Trinajstić information content (AvgIpc) is 2.42. The van der Waals surface area contributed by atoms with Gasteiger partial charge in [-0.3, -0.25) is 0 Å². The summed E-state index contributed by atoms with van der Waals surface area (Å²) in [6, 6.07) is 16.6. The van der Waals surface area contributed by atoms with E-state index >= 15 is 0 Å². The van der Waals surface area contributed by atoms with Crippen LogP contribution in [0.5, 0.6) is 5.75 Å². The number of benzene rings is 2. The molecule has 2 rings (SSSR count). The number of rotatable bonds is 6. The second-order valence-corrected chi connectivity index (χ2v) is 5.75. The molecule has 0 atom stereocenters. The summed E-state index contributed by atoms with van der Waals surface area (Å²) in [5.74, 6) is 0.900. The molecule has 21 heavy (non-hydrogen) atoms. The molecule has 0 amide bonds. The van der Waals surface area contributed by atoms with Crippen molar-refractivity contribution in [3.05, 3.63) is 54.1 Å². The van der Waals surface area contributed by atoms with Crippen molar-refractivity contribution in [2.75, 3.05) is 19.4 Å². The molecule has 0 saturated carbocycles. The van der Waals surface area contributed by atoms with Crippen LogP contribution in [0.1, 0.15) is 19.4 Å². The van der Waals surface area contributed by atoms with E-state index in [0.29, 0.717) is 0 Å². The van der Waals surface area contributed by atoms with E-state index in [2.05, 4.69) is 48.6 Å². The second-order valence-electron chi connectivity index (χ2n) is 5.75. The van der Waals surface area contributed by atoms with Gasteiger partial charge in [-0.05, 0) is 69.9 Å². The quantitative estimate of drug-likeness (QED) is 0.857. The molecule has 0 fully saturated rings. The maximum atomic E-state index is 5.64. The zero-order valence-electron chi connectivity index (χ0n) is 13.3. The van der Waals surface area contributed by atoms with E-state index in [-0.39, 0.29) is 6.10 Å². The molecule has 0 aliphatic carbocycles. The van der Waals surface area contributed by atoms with Crippen molar-refractivity contribution in [3.8, 4) is 5.75 Å². The van der Waals surface area contributed by atoms with Crippen LogP contribution in [-0.4, -0.2) is 25.1 Å². The fourth-order valence-corrected chi connectivity index (χ4v) is 2.11. The van der Waals surface area contributed by atoms with E-state index in [1.165, 1.54) is 5.56 Å². The molecule has 0 unspecified atom stereocenters. The molecule has 2 aromatic carbocycles. The average molecular weight is 284 g/mol. The Kier molecular flexibility index (Phi) is 5.23. The van der Waals surface area contributed by atoms with Crippen LogP contribution in [0.4, 0.5) is 11.4 Å². The molecule has 0 aromatic heterocycles. The highest BCUT2D eigenvalue weighted by molar-refractivity contribution is 5.60. The van der Waals surface area contributed by atoms with Crippen LogP contribution in [-0.2, 0) is 6.54 Å². The van der Waals surface area contributed by atoms with Crippen LogP contribution in [0.2, 0.25) is 0 Å². The van der Waals surface area contributed by atoms with Crippen LogP contribution >= 0.6 is 0 Å². The number of hydrogen-bond acceptors (Lipinski definition) is 3. The predicted molar refractivity (Wildman–Crippen MR) is 89.3 cm³/mol. The monoisotopic (exact) mass is 284 g/mol. The molecule has 0 aliphatic heterocycles. The smallest absolute Gasteiger partial charge is 0.119 e. The first-order valence-corrected chi connectivity index (χ1v) is 7.30. The number of hydrogen-bond donors (Lipinski definition) is 1. The standard InChI is InChI=1S/C18H24N2O/c1-14(2)21-18-11-9-17(10-12-18)19-16-7-5-15(6-8-16)13-20(3)4/h5-12,14,19H,13H2,1-4H3. The van der Waals surface area contributed by atoms with Crippen LogP contribution in [0, 0.1) is 0 Å². The highest BCUT2D eigenvalue weighted by Crippen LogP contribution is 2.21. The number of ether oxygens (including phenoxy) is 1. The molecule has 1 N–H and O–H groups in total. The second kappa shape index (κ2) is 7.14. The fraction of sp³-hybridized carbons (Fsp3) is 0.333. The van der Waals surface area contributed by atoms with Crippen LogP contribution in [0.3, 0.4) is 0 Å². The number of anilines is 2. The minimum atomic E-state index is 0.202. The zero-order chi connectivity index (χ0) is 15.2. The van der Waals surface area contributed by atoms with Crippen molar-refractivity contribution in [3.63, 3.8) is 0 Å². The molecular formula is C18H24N2O. The molecule has 3 nitrogen and oxygen atoms in total. The number of nitrogens with one attached hydrogen (secondary N) is 1. The normalized spacial score (nSPS) is 11.0. The maximum Gasteiger partial charge on any atom is 0.119 e. The Bertz CT molecular complexity index is 493. The summed E-state index contributed by atoms with van der Waals surface area (Å²) < 4.78 is 5.64. The van der Waals surface area contributed by atoms with Gasteiger partial charge in [0.05, 0.1) is 6.10 Å². The summed E-state index contributed by atoms with van der Waals surface area (Å²) in [7, 11) is 4.15. The summed E-state index contributed by atoms with van der Waals surface area (Å²) in [4.78, 5) is 2.16. The maximum absolute atomic E-state index is 5.64. The molecule has 0 aliphatic rings. The molecule has 3 heteroatoms. The third-order valence-electron chi connectivity index (χ3n) is 2.97. The van der Waals surface area contributed by atoms with Gasteiger partial charge in [0.25, 0.3) is 0 Å². The first-order valence-electron chi connectivity index (χ1n) is 7.30. The van der Waals surface area contributed by atoms with Gasteiger partial charge in [0.2, 0.25) is 0 Å². The first kappa shape index (κ1) is 15.4. The highest BCUT2D eigenvalue weighted by atomic mass is 16.5. The SMILES string of the molecule is CC(C)Oc1ccc(Nc2ccc(CN(C)C)cc2)cc1. The molecule has 0 heterocycles. The van der Waals surface area contributed by atoms with Gasteiger partial charge in [0.15, 0.2) is 0 Å². The topological polar surface area (TPSA) is 24.5 Å². The minimum absolute atomic E-state index is 0.202. The van der Waals surface area contributed by atoms with Crippen molar-refractivity contribution < 1.29 is 4.74 Å². The van der Waals surface area contributed by atoms with Crippen molar-refractivity contribution >= 4 is 11.4 Å². The van der Waals surface area contributed by atoms with Crippen molar-refractivity contribution in [1.29, 1.82) is 0 Å². The Morgan fingerprint density at radius 2 is 1.43 bits per heavy atom. The zero-order valence-corrected chi connectivity index (χ0v) is 13.3. The van der Waals surface area contributed by atoms with E-state index in [4.69, 9.17) is 4.74 Å². The van der Waals surface area contributed by atoms with E-state index < -0.39 is 0 Å². The molecule has 0 radical (unpaired) electrons. The lowest BCUT2D eigenvalue weighted by atomic mass is 10.2. The predicted octanol–water partition coefficient (Wildman–Crippen LogP) is 4.28. The summed E-state index contributed by atoms with van der Waals surface area (Å²) in [6.07, 6.45) is 0.202. The van der Waals surface area contributed by atoms with Gasteiger partial charge in [0, 0.05) is 17.9 Å². The molecule has 0 saturated heterocycles. The Morgan fingerprint density at radius 3 is 1.90 bits per heavy atom. The van der Waals surface area contributed by atoms with Gasteiger partial charge in [-0.1, -0.05) is 12.1 Å². The summed E-state index contributed by atoms with van der Waals surface area (Å²) in [6.45, 7) is 5.02. The van der Waals surface area contributed by atoms with Gasteiger partial charge in [-0.2, -0.15) is 0 Å². The first-order chi connectivity index (χ1) is 10.0. The summed E-state index contributed by atoms with van der Waals surface area (Å²) in [5.41, 5.74) is 3.47. The van der Waals surface area contributed by atoms with Gasteiger partial charge < -0.3 is 15.0 Å². The summed E-state index contributed by atoms with van der Waals surface area (Å²) >= 11 is 0. The van der Waals surface area contributed by atoms with E-state index in [1.807, 2.05) is 38.1 Å². The Balaban J connectivity index is 1.97. The highest BCUT2D eigenvalue weighted by Gasteiger charge is 2.00. The Labute approximate surface area is 127 Å². The van der Waals surface area contributed by atoms with Crippen molar-refractivity contribution in [1.82, 2.24) is 4.90 Å².